The van der Waals surface area contributed by atoms with Crippen molar-refractivity contribution in [1.29, 1.82) is 0 Å². The van der Waals surface area contributed by atoms with E-state index in [0.717, 1.165) is 34.9 Å². The lowest BCUT2D eigenvalue weighted by atomic mass is 10.1. The quantitative estimate of drug-likeness (QED) is 0.875. The highest BCUT2D eigenvalue weighted by Crippen LogP contribution is 2.25. The Morgan fingerprint density at radius 1 is 1.50 bits per heavy atom. The molecule has 0 aliphatic heterocycles. The molecule has 5 heteroatoms. The van der Waals surface area contributed by atoms with E-state index in [1.807, 2.05) is 12.1 Å². The van der Waals surface area contributed by atoms with Crippen LogP contribution in [0.4, 0.5) is 0 Å². The Morgan fingerprint density at radius 2 is 2.33 bits per heavy atom. The fourth-order valence-electron chi connectivity index (χ4n) is 2.31. The molecule has 1 fully saturated rings. The minimum absolute atomic E-state index is 0.0543. The molecule has 0 bridgehead atoms. The van der Waals surface area contributed by atoms with Crippen LogP contribution in [0.1, 0.15) is 30.6 Å². The molecule has 0 aromatic carbocycles. The SMILES string of the molecule is O=C(CCc1ccc(Cl)s1)NCC1CCCC1O. The van der Waals surface area contributed by atoms with Gasteiger partial charge in [0.25, 0.3) is 0 Å². The predicted octanol–water partition coefficient (Wildman–Crippen LogP) is 2.61. The average Bonchev–Trinajstić information content (AvgIpc) is 2.93. The van der Waals surface area contributed by atoms with Crippen LogP contribution in [0.3, 0.4) is 0 Å². The number of halogens is 1. The fraction of sp³-hybridized carbons (Fsp3) is 0.615. The molecule has 1 saturated carbocycles. The first-order valence-corrected chi connectivity index (χ1v) is 7.53. The van der Waals surface area contributed by atoms with Gasteiger partial charge in [-0.3, -0.25) is 4.79 Å². The van der Waals surface area contributed by atoms with E-state index in [1.165, 1.54) is 11.3 Å². The predicted molar refractivity (Wildman–Crippen MR) is 74.0 cm³/mol. The van der Waals surface area contributed by atoms with Gasteiger partial charge in [0.1, 0.15) is 0 Å². The van der Waals surface area contributed by atoms with Crippen molar-refractivity contribution in [3.05, 3.63) is 21.3 Å². The van der Waals surface area contributed by atoms with Crippen LogP contribution >= 0.6 is 22.9 Å². The summed E-state index contributed by atoms with van der Waals surface area (Å²) in [6, 6.07) is 3.81. The highest BCUT2D eigenvalue weighted by molar-refractivity contribution is 7.16. The lowest BCUT2D eigenvalue weighted by molar-refractivity contribution is -0.121. The molecule has 2 N–H and O–H groups in total. The molecule has 1 aliphatic carbocycles. The zero-order chi connectivity index (χ0) is 13.0. The van der Waals surface area contributed by atoms with Crippen LogP contribution in [-0.2, 0) is 11.2 Å². The molecule has 2 rings (SSSR count). The lowest BCUT2D eigenvalue weighted by Crippen LogP contribution is -2.32. The number of amides is 1. The summed E-state index contributed by atoms with van der Waals surface area (Å²) in [5, 5.41) is 12.6. The van der Waals surface area contributed by atoms with Crippen LogP contribution in [-0.4, -0.2) is 23.7 Å². The molecule has 1 aliphatic rings. The maximum absolute atomic E-state index is 11.7. The molecular weight excluding hydrogens is 270 g/mol. The molecular formula is C13H18ClNO2S. The van der Waals surface area contributed by atoms with Crippen molar-refractivity contribution in [2.24, 2.45) is 5.92 Å². The van der Waals surface area contributed by atoms with Crippen LogP contribution < -0.4 is 5.32 Å². The number of rotatable bonds is 5. The first-order chi connectivity index (χ1) is 8.65. The molecule has 1 aromatic heterocycles. The van der Waals surface area contributed by atoms with Crippen molar-refractivity contribution in [3.8, 4) is 0 Å². The van der Waals surface area contributed by atoms with Gasteiger partial charge in [-0.1, -0.05) is 18.0 Å². The van der Waals surface area contributed by atoms with E-state index in [0.29, 0.717) is 13.0 Å². The van der Waals surface area contributed by atoms with Gasteiger partial charge in [-0.15, -0.1) is 11.3 Å². The molecule has 1 aromatic rings. The number of thiophene rings is 1. The highest BCUT2D eigenvalue weighted by Gasteiger charge is 2.25. The van der Waals surface area contributed by atoms with Gasteiger partial charge in [0.15, 0.2) is 0 Å². The maximum Gasteiger partial charge on any atom is 0.220 e. The number of nitrogens with one attached hydrogen (secondary N) is 1. The number of aliphatic hydroxyl groups is 1. The Kier molecular flexibility index (Phi) is 5.03. The van der Waals surface area contributed by atoms with E-state index in [2.05, 4.69) is 5.32 Å². The largest absolute Gasteiger partial charge is 0.393 e. The molecule has 0 spiro atoms. The number of aliphatic hydroxyl groups excluding tert-OH is 1. The van der Waals surface area contributed by atoms with Gasteiger partial charge in [0.2, 0.25) is 5.91 Å². The topological polar surface area (TPSA) is 49.3 Å². The molecule has 2 unspecified atom stereocenters. The van der Waals surface area contributed by atoms with Crippen molar-refractivity contribution < 1.29 is 9.90 Å². The van der Waals surface area contributed by atoms with Gasteiger partial charge in [-0.25, -0.2) is 0 Å². The summed E-state index contributed by atoms with van der Waals surface area (Å²) in [7, 11) is 0. The average molecular weight is 288 g/mol. The van der Waals surface area contributed by atoms with Crippen molar-refractivity contribution >= 4 is 28.8 Å². The Labute approximate surface area is 116 Å². The number of hydrogen-bond donors (Lipinski definition) is 2. The van der Waals surface area contributed by atoms with Crippen LogP contribution in [0.15, 0.2) is 12.1 Å². The minimum Gasteiger partial charge on any atom is -0.393 e. The Bertz CT molecular complexity index is 407. The lowest BCUT2D eigenvalue weighted by Gasteiger charge is -2.14. The fourth-order valence-corrected chi connectivity index (χ4v) is 3.40. The van der Waals surface area contributed by atoms with Crippen molar-refractivity contribution in [1.82, 2.24) is 5.32 Å². The van der Waals surface area contributed by atoms with E-state index in [-0.39, 0.29) is 17.9 Å². The number of hydrogen-bond acceptors (Lipinski definition) is 3. The summed E-state index contributed by atoms with van der Waals surface area (Å²) >= 11 is 7.35. The molecule has 2 atom stereocenters. The third-order valence-corrected chi connectivity index (χ3v) is 4.70. The van der Waals surface area contributed by atoms with Crippen molar-refractivity contribution in [3.63, 3.8) is 0 Å². The van der Waals surface area contributed by atoms with Crippen LogP contribution in [0.5, 0.6) is 0 Å². The highest BCUT2D eigenvalue weighted by atomic mass is 35.5. The molecule has 0 radical (unpaired) electrons. The zero-order valence-corrected chi connectivity index (χ0v) is 11.8. The molecule has 1 amide bonds. The van der Waals surface area contributed by atoms with Crippen LogP contribution in [0.2, 0.25) is 4.34 Å². The van der Waals surface area contributed by atoms with Gasteiger partial charge < -0.3 is 10.4 Å². The van der Waals surface area contributed by atoms with Gasteiger partial charge >= 0.3 is 0 Å². The first-order valence-electron chi connectivity index (χ1n) is 6.34. The van der Waals surface area contributed by atoms with Crippen LogP contribution in [0, 0.1) is 5.92 Å². The molecule has 18 heavy (non-hydrogen) atoms. The van der Waals surface area contributed by atoms with E-state index in [1.54, 1.807) is 0 Å². The monoisotopic (exact) mass is 287 g/mol. The van der Waals surface area contributed by atoms with Gasteiger partial charge in [0.05, 0.1) is 10.4 Å². The second-order valence-electron chi connectivity index (χ2n) is 4.77. The Morgan fingerprint density at radius 3 is 2.94 bits per heavy atom. The number of aryl methyl sites for hydroxylation is 1. The Hall–Kier alpha value is -0.580. The first kappa shape index (κ1) is 13.8. The van der Waals surface area contributed by atoms with Crippen molar-refractivity contribution in [2.75, 3.05) is 6.54 Å². The maximum atomic E-state index is 11.7. The van der Waals surface area contributed by atoms with E-state index in [9.17, 15) is 9.90 Å². The number of carbonyl (C=O) groups excluding carboxylic acids is 1. The smallest absolute Gasteiger partial charge is 0.220 e. The molecule has 3 nitrogen and oxygen atoms in total. The molecule has 100 valence electrons. The third kappa shape index (κ3) is 3.97. The van der Waals surface area contributed by atoms with E-state index < -0.39 is 0 Å². The summed E-state index contributed by atoms with van der Waals surface area (Å²) in [5.41, 5.74) is 0. The summed E-state index contributed by atoms with van der Waals surface area (Å²) in [4.78, 5) is 12.8. The summed E-state index contributed by atoms with van der Waals surface area (Å²) < 4.78 is 0.763. The standard InChI is InChI=1S/C13H18ClNO2S/c14-12-6-4-10(18-12)5-7-13(17)15-8-9-2-1-3-11(9)16/h4,6,9,11,16H,1-3,5,7-8H2,(H,15,17). The normalized spacial score (nSPS) is 23.2. The molecule has 1 heterocycles. The minimum atomic E-state index is -0.235. The summed E-state index contributed by atoms with van der Waals surface area (Å²) in [6.45, 7) is 0.602. The van der Waals surface area contributed by atoms with Crippen LogP contribution in [0.25, 0.3) is 0 Å². The number of carbonyl (C=O) groups is 1. The summed E-state index contributed by atoms with van der Waals surface area (Å²) in [6.07, 6.45) is 3.93. The van der Waals surface area contributed by atoms with Crippen molar-refractivity contribution in [2.45, 2.75) is 38.2 Å². The van der Waals surface area contributed by atoms with E-state index >= 15 is 0 Å². The second-order valence-corrected chi connectivity index (χ2v) is 6.57. The second kappa shape index (κ2) is 6.55. The molecule has 0 saturated heterocycles. The zero-order valence-electron chi connectivity index (χ0n) is 10.2. The van der Waals surface area contributed by atoms with Gasteiger partial charge in [-0.2, -0.15) is 0 Å². The third-order valence-electron chi connectivity index (χ3n) is 3.41. The van der Waals surface area contributed by atoms with Gasteiger partial charge in [0, 0.05) is 23.8 Å². The van der Waals surface area contributed by atoms with E-state index in [4.69, 9.17) is 11.6 Å². The van der Waals surface area contributed by atoms with Gasteiger partial charge in [-0.05, 0) is 31.4 Å². The Balaban J connectivity index is 1.66. The summed E-state index contributed by atoms with van der Waals surface area (Å²) in [5.74, 6) is 0.295.